The molecule has 1 aromatic heterocycles. The van der Waals surface area contributed by atoms with Gasteiger partial charge in [0, 0.05) is 0 Å². The minimum absolute atomic E-state index is 0.0212. The molecule has 23 heavy (non-hydrogen) atoms. The van der Waals surface area contributed by atoms with Crippen molar-refractivity contribution in [1.29, 1.82) is 0 Å². The number of aromatic carboxylic acids is 1. The zero-order valence-electron chi connectivity index (χ0n) is 11.5. The van der Waals surface area contributed by atoms with Gasteiger partial charge in [-0.25, -0.2) is 14.5 Å². The van der Waals surface area contributed by atoms with E-state index in [1.807, 2.05) is 0 Å². The molecule has 3 aromatic rings. The molecule has 1 heterocycles. The molecule has 2 N–H and O–H groups in total. The van der Waals surface area contributed by atoms with Crippen LogP contribution in [-0.2, 0) is 6.18 Å². The molecule has 0 aliphatic heterocycles. The van der Waals surface area contributed by atoms with Crippen molar-refractivity contribution in [3.8, 4) is 0 Å². The number of aromatic nitrogens is 2. The Balaban J connectivity index is 2.07. The first-order valence-electron chi connectivity index (χ1n) is 6.50. The maximum absolute atomic E-state index is 13.0. The smallest absolute Gasteiger partial charge is 0.418 e. The number of anilines is 1. The number of benzene rings is 2. The molecule has 0 amide bonds. The third-order valence-electron chi connectivity index (χ3n) is 3.28. The van der Waals surface area contributed by atoms with Gasteiger partial charge in [0.2, 0.25) is 0 Å². The number of hydrogen-bond donors (Lipinski definition) is 2. The van der Waals surface area contributed by atoms with E-state index in [0.29, 0.717) is 5.52 Å². The van der Waals surface area contributed by atoms with Crippen LogP contribution in [0, 0.1) is 0 Å². The Hall–Kier alpha value is -3.03. The molecule has 0 bridgehead atoms. The van der Waals surface area contributed by atoms with Crippen LogP contribution in [0.15, 0.2) is 48.8 Å². The van der Waals surface area contributed by atoms with Gasteiger partial charge in [-0.3, -0.25) is 5.43 Å². The zero-order chi connectivity index (χ0) is 16.6. The number of nitrogens with one attached hydrogen (secondary N) is 1. The number of hydrogen-bond acceptors (Lipinski definition) is 3. The van der Waals surface area contributed by atoms with Gasteiger partial charge in [-0.15, -0.1) is 0 Å². The van der Waals surface area contributed by atoms with Gasteiger partial charge in [-0.2, -0.15) is 13.2 Å². The summed E-state index contributed by atoms with van der Waals surface area (Å²) in [6, 6.07) is 9.46. The summed E-state index contributed by atoms with van der Waals surface area (Å²) in [5.41, 5.74) is 2.17. The first-order valence-corrected chi connectivity index (χ1v) is 6.50. The van der Waals surface area contributed by atoms with E-state index in [-0.39, 0.29) is 16.8 Å². The summed E-state index contributed by atoms with van der Waals surface area (Å²) in [7, 11) is 0. The van der Waals surface area contributed by atoms with Crippen LogP contribution in [0.4, 0.5) is 18.9 Å². The van der Waals surface area contributed by atoms with Gasteiger partial charge < -0.3 is 5.11 Å². The summed E-state index contributed by atoms with van der Waals surface area (Å²) in [5.74, 6) is -1.16. The maximum atomic E-state index is 13.0. The number of alkyl halides is 3. The van der Waals surface area contributed by atoms with Crippen molar-refractivity contribution in [1.82, 2.24) is 9.66 Å². The fourth-order valence-corrected chi connectivity index (χ4v) is 2.26. The van der Waals surface area contributed by atoms with Crippen LogP contribution in [0.25, 0.3) is 11.0 Å². The highest BCUT2D eigenvalue weighted by molar-refractivity contribution is 6.01. The standard InChI is InChI=1S/C15H10F3N3O2/c16-15(17,18)10-5-1-2-6-11(10)20-21-8-19-13-9(14(22)23)4-3-7-12(13)21/h1-8,20H,(H,22,23). The number of carboxylic acids is 1. The predicted octanol–water partition coefficient (Wildman–Crippen LogP) is 3.63. The number of nitrogens with zero attached hydrogens (tertiary/aromatic N) is 2. The van der Waals surface area contributed by atoms with E-state index in [1.54, 1.807) is 6.07 Å². The second kappa shape index (κ2) is 5.31. The minimum Gasteiger partial charge on any atom is -0.478 e. The second-order valence-corrected chi connectivity index (χ2v) is 4.75. The van der Waals surface area contributed by atoms with E-state index < -0.39 is 17.7 Å². The van der Waals surface area contributed by atoms with Gasteiger partial charge in [-0.05, 0) is 24.3 Å². The molecule has 0 aliphatic carbocycles. The first kappa shape index (κ1) is 14.9. The van der Waals surface area contributed by atoms with Crippen molar-refractivity contribution < 1.29 is 23.1 Å². The van der Waals surface area contributed by atoms with Crippen LogP contribution in [0.2, 0.25) is 0 Å². The summed E-state index contributed by atoms with van der Waals surface area (Å²) in [5, 5.41) is 9.11. The molecule has 0 aliphatic rings. The van der Waals surface area contributed by atoms with E-state index in [1.165, 1.54) is 41.3 Å². The monoisotopic (exact) mass is 321 g/mol. The fraction of sp³-hybridized carbons (Fsp3) is 0.0667. The average Bonchev–Trinajstić information content (AvgIpc) is 2.90. The SMILES string of the molecule is O=C(O)c1cccc2c1ncn2Nc1ccccc1C(F)(F)F. The molecule has 0 saturated carbocycles. The molecule has 3 rings (SSSR count). The molecule has 0 atom stereocenters. The van der Waals surface area contributed by atoms with E-state index >= 15 is 0 Å². The Morgan fingerprint density at radius 2 is 1.87 bits per heavy atom. The Labute approximate surface area is 128 Å². The third-order valence-corrected chi connectivity index (χ3v) is 3.28. The van der Waals surface area contributed by atoms with Crippen LogP contribution >= 0.6 is 0 Å². The molecule has 0 saturated heterocycles. The molecule has 0 radical (unpaired) electrons. The molecule has 8 heteroatoms. The van der Waals surface area contributed by atoms with Crippen molar-refractivity contribution in [3.63, 3.8) is 0 Å². The van der Waals surface area contributed by atoms with Gasteiger partial charge >= 0.3 is 12.1 Å². The molecule has 0 unspecified atom stereocenters. The highest BCUT2D eigenvalue weighted by atomic mass is 19.4. The lowest BCUT2D eigenvalue weighted by molar-refractivity contribution is -0.137. The number of fused-ring (bicyclic) bond motifs is 1. The average molecular weight is 321 g/mol. The Kier molecular flexibility index (Phi) is 3.44. The molecule has 0 spiro atoms. The highest BCUT2D eigenvalue weighted by Crippen LogP contribution is 2.34. The highest BCUT2D eigenvalue weighted by Gasteiger charge is 2.33. The number of imidazole rings is 1. The second-order valence-electron chi connectivity index (χ2n) is 4.75. The van der Waals surface area contributed by atoms with Crippen molar-refractivity contribution in [2.75, 3.05) is 5.43 Å². The Bertz CT molecular complexity index is 887. The lowest BCUT2D eigenvalue weighted by Crippen LogP contribution is -2.14. The number of para-hydroxylation sites is 2. The van der Waals surface area contributed by atoms with E-state index in [2.05, 4.69) is 10.4 Å². The lowest BCUT2D eigenvalue weighted by atomic mass is 10.2. The number of carbonyl (C=O) groups is 1. The van der Waals surface area contributed by atoms with Gasteiger partial charge in [0.05, 0.1) is 22.3 Å². The van der Waals surface area contributed by atoms with Gasteiger partial charge in [0.15, 0.2) is 0 Å². The van der Waals surface area contributed by atoms with Crippen LogP contribution in [0.1, 0.15) is 15.9 Å². The quantitative estimate of drug-likeness (QED) is 0.773. The zero-order valence-corrected chi connectivity index (χ0v) is 11.5. The number of rotatable bonds is 3. The van der Waals surface area contributed by atoms with Gasteiger partial charge in [-0.1, -0.05) is 18.2 Å². The van der Waals surface area contributed by atoms with Crippen LogP contribution < -0.4 is 5.43 Å². The van der Waals surface area contributed by atoms with Crippen LogP contribution in [0.3, 0.4) is 0 Å². The van der Waals surface area contributed by atoms with Crippen molar-refractivity contribution in [3.05, 3.63) is 59.9 Å². The molecule has 118 valence electrons. The van der Waals surface area contributed by atoms with Crippen molar-refractivity contribution in [2.45, 2.75) is 6.18 Å². The topological polar surface area (TPSA) is 67.1 Å². The molecular formula is C15H10F3N3O2. The Morgan fingerprint density at radius 1 is 1.13 bits per heavy atom. The van der Waals surface area contributed by atoms with E-state index in [9.17, 15) is 18.0 Å². The summed E-state index contributed by atoms with van der Waals surface area (Å²) in [6.07, 6.45) is -3.27. The summed E-state index contributed by atoms with van der Waals surface area (Å²) >= 11 is 0. The molecule has 5 nitrogen and oxygen atoms in total. The van der Waals surface area contributed by atoms with E-state index in [0.717, 1.165) is 6.07 Å². The third kappa shape index (κ3) is 2.70. The van der Waals surface area contributed by atoms with Gasteiger partial charge in [0.25, 0.3) is 0 Å². The summed E-state index contributed by atoms with van der Waals surface area (Å²) in [6.45, 7) is 0. The lowest BCUT2D eigenvalue weighted by Gasteiger charge is -2.15. The summed E-state index contributed by atoms with van der Waals surface area (Å²) < 4.78 is 40.3. The fourth-order valence-electron chi connectivity index (χ4n) is 2.26. The Morgan fingerprint density at radius 3 is 2.57 bits per heavy atom. The predicted molar refractivity (Wildman–Crippen MR) is 77.2 cm³/mol. The number of halogens is 3. The summed E-state index contributed by atoms with van der Waals surface area (Å²) in [4.78, 5) is 15.1. The maximum Gasteiger partial charge on any atom is 0.418 e. The molecule has 0 fully saturated rings. The van der Waals surface area contributed by atoms with E-state index in [4.69, 9.17) is 5.11 Å². The molecular weight excluding hydrogens is 311 g/mol. The van der Waals surface area contributed by atoms with Gasteiger partial charge in [0.1, 0.15) is 11.8 Å². The molecule has 2 aromatic carbocycles. The largest absolute Gasteiger partial charge is 0.478 e. The van der Waals surface area contributed by atoms with Crippen molar-refractivity contribution >= 4 is 22.7 Å². The first-order chi connectivity index (χ1) is 10.9. The minimum atomic E-state index is -4.51. The van der Waals surface area contributed by atoms with Crippen LogP contribution in [-0.4, -0.2) is 20.7 Å². The normalized spacial score (nSPS) is 11.6. The number of carboxylic acid groups (broad SMARTS) is 1. The van der Waals surface area contributed by atoms with Crippen molar-refractivity contribution in [2.24, 2.45) is 0 Å². The van der Waals surface area contributed by atoms with Crippen LogP contribution in [0.5, 0.6) is 0 Å².